The van der Waals surface area contributed by atoms with E-state index in [0.717, 1.165) is 39.3 Å². The van der Waals surface area contributed by atoms with Crippen LogP contribution in [0, 0.1) is 0 Å². The number of rotatable bonds is 7. The Bertz CT molecular complexity index is 238. The SMILES string of the molecule is CCNC(=O)CN1CCN(CCOC(C)C)CC1. The molecule has 1 N–H and O–H groups in total. The molecular formula is C13H27N3O2. The van der Waals surface area contributed by atoms with Crippen LogP contribution in [-0.4, -0.2) is 74.2 Å². The van der Waals surface area contributed by atoms with E-state index >= 15 is 0 Å². The first kappa shape index (κ1) is 15.4. The first-order valence-electron chi connectivity index (χ1n) is 6.94. The lowest BCUT2D eigenvalue weighted by molar-refractivity contribution is -0.122. The molecule has 0 aromatic rings. The molecule has 0 unspecified atom stereocenters. The molecule has 1 fully saturated rings. The number of hydrogen-bond acceptors (Lipinski definition) is 4. The maximum atomic E-state index is 11.5. The van der Waals surface area contributed by atoms with Gasteiger partial charge in [-0.3, -0.25) is 14.6 Å². The van der Waals surface area contributed by atoms with E-state index in [1.807, 2.05) is 6.92 Å². The Morgan fingerprint density at radius 1 is 1.22 bits per heavy atom. The first-order chi connectivity index (χ1) is 8.61. The van der Waals surface area contributed by atoms with Crippen molar-refractivity contribution in [2.45, 2.75) is 26.9 Å². The normalized spacial score (nSPS) is 18.2. The Morgan fingerprint density at radius 2 is 1.83 bits per heavy atom. The predicted molar refractivity (Wildman–Crippen MR) is 72.7 cm³/mol. The quantitative estimate of drug-likeness (QED) is 0.706. The average Bonchev–Trinajstić information content (AvgIpc) is 2.31. The number of likely N-dealkylation sites (N-methyl/N-ethyl adjacent to an activating group) is 1. The highest BCUT2D eigenvalue weighted by atomic mass is 16.5. The highest BCUT2D eigenvalue weighted by molar-refractivity contribution is 5.77. The molecule has 1 saturated heterocycles. The molecule has 1 heterocycles. The molecule has 5 nitrogen and oxygen atoms in total. The van der Waals surface area contributed by atoms with Crippen LogP contribution in [0.3, 0.4) is 0 Å². The smallest absolute Gasteiger partial charge is 0.234 e. The molecule has 0 atom stereocenters. The number of ether oxygens (including phenoxy) is 1. The molecule has 5 heteroatoms. The maximum absolute atomic E-state index is 11.5. The Balaban J connectivity index is 2.10. The molecule has 1 rings (SSSR count). The summed E-state index contributed by atoms with van der Waals surface area (Å²) in [4.78, 5) is 16.1. The molecule has 0 aliphatic carbocycles. The molecule has 0 saturated carbocycles. The van der Waals surface area contributed by atoms with Gasteiger partial charge in [0.25, 0.3) is 0 Å². The second-order valence-corrected chi connectivity index (χ2v) is 4.99. The van der Waals surface area contributed by atoms with Crippen molar-refractivity contribution >= 4 is 5.91 Å². The van der Waals surface area contributed by atoms with Crippen LogP contribution in [0.4, 0.5) is 0 Å². The summed E-state index contributed by atoms with van der Waals surface area (Å²) < 4.78 is 5.55. The van der Waals surface area contributed by atoms with Gasteiger partial charge in [0, 0.05) is 39.3 Å². The molecule has 106 valence electrons. The van der Waals surface area contributed by atoms with Crippen LogP contribution in [0.5, 0.6) is 0 Å². The average molecular weight is 257 g/mol. The Labute approximate surface area is 110 Å². The van der Waals surface area contributed by atoms with Crippen LogP contribution in [0.2, 0.25) is 0 Å². The zero-order valence-electron chi connectivity index (χ0n) is 11.9. The molecule has 0 bridgehead atoms. The van der Waals surface area contributed by atoms with Crippen molar-refractivity contribution in [1.29, 1.82) is 0 Å². The summed E-state index contributed by atoms with van der Waals surface area (Å²) in [5.74, 6) is 0.133. The van der Waals surface area contributed by atoms with Crippen molar-refractivity contribution < 1.29 is 9.53 Å². The van der Waals surface area contributed by atoms with Gasteiger partial charge < -0.3 is 10.1 Å². The molecule has 18 heavy (non-hydrogen) atoms. The third-order valence-electron chi connectivity index (χ3n) is 3.06. The van der Waals surface area contributed by atoms with E-state index in [1.165, 1.54) is 0 Å². The number of carbonyl (C=O) groups excluding carboxylic acids is 1. The zero-order valence-corrected chi connectivity index (χ0v) is 11.9. The maximum Gasteiger partial charge on any atom is 0.234 e. The predicted octanol–water partition coefficient (Wildman–Crippen LogP) is 0.165. The summed E-state index contributed by atoms with van der Waals surface area (Å²) in [7, 11) is 0. The fraction of sp³-hybridized carbons (Fsp3) is 0.923. The largest absolute Gasteiger partial charge is 0.377 e. The molecule has 0 aromatic carbocycles. The van der Waals surface area contributed by atoms with Gasteiger partial charge in [-0.25, -0.2) is 0 Å². The molecule has 0 radical (unpaired) electrons. The number of amides is 1. The van der Waals surface area contributed by atoms with E-state index in [2.05, 4.69) is 29.0 Å². The Hall–Kier alpha value is -0.650. The van der Waals surface area contributed by atoms with Crippen LogP contribution in [0.1, 0.15) is 20.8 Å². The van der Waals surface area contributed by atoms with Crippen molar-refractivity contribution in [3.63, 3.8) is 0 Å². The zero-order chi connectivity index (χ0) is 13.4. The topological polar surface area (TPSA) is 44.8 Å². The molecule has 1 aliphatic rings. The minimum Gasteiger partial charge on any atom is -0.377 e. The van der Waals surface area contributed by atoms with E-state index < -0.39 is 0 Å². The van der Waals surface area contributed by atoms with Crippen molar-refractivity contribution in [3.05, 3.63) is 0 Å². The van der Waals surface area contributed by atoms with Crippen molar-refractivity contribution in [1.82, 2.24) is 15.1 Å². The van der Waals surface area contributed by atoms with Crippen LogP contribution in [0.15, 0.2) is 0 Å². The first-order valence-corrected chi connectivity index (χ1v) is 6.94. The summed E-state index contributed by atoms with van der Waals surface area (Å²) >= 11 is 0. The molecular weight excluding hydrogens is 230 g/mol. The molecule has 1 amide bonds. The third-order valence-corrected chi connectivity index (χ3v) is 3.06. The van der Waals surface area contributed by atoms with Crippen LogP contribution >= 0.6 is 0 Å². The number of nitrogens with zero attached hydrogens (tertiary/aromatic N) is 2. The van der Waals surface area contributed by atoms with Gasteiger partial charge in [-0.05, 0) is 20.8 Å². The summed E-state index contributed by atoms with van der Waals surface area (Å²) in [6, 6.07) is 0. The minimum absolute atomic E-state index is 0.133. The van der Waals surface area contributed by atoms with Gasteiger partial charge in [0.15, 0.2) is 0 Å². The van der Waals surface area contributed by atoms with Crippen LogP contribution < -0.4 is 5.32 Å². The fourth-order valence-corrected chi connectivity index (χ4v) is 2.04. The molecule has 1 aliphatic heterocycles. The lowest BCUT2D eigenvalue weighted by Crippen LogP contribution is -2.50. The highest BCUT2D eigenvalue weighted by Crippen LogP contribution is 2.01. The number of piperazine rings is 1. The Morgan fingerprint density at radius 3 is 2.39 bits per heavy atom. The summed E-state index contributed by atoms with van der Waals surface area (Å²) in [6.07, 6.45) is 0.309. The minimum atomic E-state index is 0.133. The summed E-state index contributed by atoms with van der Waals surface area (Å²) in [6.45, 7) is 13.1. The van der Waals surface area contributed by atoms with Gasteiger partial charge in [0.2, 0.25) is 5.91 Å². The second-order valence-electron chi connectivity index (χ2n) is 4.99. The monoisotopic (exact) mass is 257 g/mol. The van der Waals surface area contributed by atoms with Gasteiger partial charge in [-0.15, -0.1) is 0 Å². The van der Waals surface area contributed by atoms with Gasteiger partial charge in [0.1, 0.15) is 0 Å². The number of hydrogen-bond donors (Lipinski definition) is 1. The second kappa shape index (κ2) is 8.45. The van der Waals surface area contributed by atoms with Crippen molar-refractivity contribution in [3.8, 4) is 0 Å². The van der Waals surface area contributed by atoms with Crippen molar-refractivity contribution in [2.24, 2.45) is 0 Å². The van der Waals surface area contributed by atoms with E-state index in [9.17, 15) is 4.79 Å². The standard InChI is InChI=1S/C13H27N3O2/c1-4-14-13(17)11-16-7-5-15(6-8-16)9-10-18-12(2)3/h12H,4-11H2,1-3H3,(H,14,17). The fourth-order valence-electron chi connectivity index (χ4n) is 2.04. The van der Waals surface area contributed by atoms with Crippen molar-refractivity contribution in [2.75, 3.05) is 52.4 Å². The molecule has 0 spiro atoms. The van der Waals surface area contributed by atoms with Gasteiger partial charge in [-0.1, -0.05) is 0 Å². The van der Waals surface area contributed by atoms with E-state index in [-0.39, 0.29) is 5.91 Å². The third kappa shape index (κ3) is 6.33. The lowest BCUT2D eigenvalue weighted by Gasteiger charge is -2.34. The lowest BCUT2D eigenvalue weighted by atomic mass is 10.3. The molecule has 0 aromatic heterocycles. The Kier molecular flexibility index (Phi) is 7.23. The van der Waals surface area contributed by atoms with E-state index in [0.29, 0.717) is 19.2 Å². The number of carbonyl (C=O) groups is 1. The van der Waals surface area contributed by atoms with Crippen LogP contribution in [-0.2, 0) is 9.53 Å². The summed E-state index contributed by atoms with van der Waals surface area (Å²) in [5.41, 5.74) is 0. The highest BCUT2D eigenvalue weighted by Gasteiger charge is 2.18. The van der Waals surface area contributed by atoms with E-state index in [1.54, 1.807) is 0 Å². The summed E-state index contributed by atoms with van der Waals surface area (Å²) in [5, 5.41) is 2.84. The van der Waals surface area contributed by atoms with Crippen LogP contribution in [0.25, 0.3) is 0 Å². The van der Waals surface area contributed by atoms with Gasteiger partial charge in [0.05, 0.1) is 19.3 Å². The van der Waals surface area contributed by atoms with Gasteiger partial charge >= 0.3 is 0 Å². The van der Waals surface area contributed by atoms with Gasteiger partial charge in [-0.2, -0.15) is 0 Å². The number of nitrogens with one attached hydrogen (secondary N) is 1. The van der Waals surface area contributed by atoms with E-state index in [4.69, 9.17) is 4.74 Å².